The Hall–Kier alpha value is -1.49. The summed E-state index contributed by atoms with van der Waals surface area (Å²) in [5, 5.41) is 8.49. The molecule has 17 heavy (non-hydrogen) atoms. The van der Waals surface area contributed by atoms with Gasteiger partial charge in [-0.2, -0.15) is 0 Å². The fourth-order valence-electron chi connectivity index (χ4n) is 1.44. The number of carboxylic acids is 1. The molecule has 0 atom stereocenters. The first-order chi connectivity index (χ1) is 7.99. The predicted molar refractivity (Wildman–Crippen MR) is 59.8 cm³/mol. The van der Waals surface area contributed by atoms with Crippen LogP contribution in [0.15, 0.2) is 18.2 Å². The highest BCUT2D eigenvalue weighted by molar-refractivity contribution is 5.66. The molecule has 0 aliphatic rings. The third-order valence-electron chi connectivity index (χ3n) is 2.48. The van der Waals surface area contributed by atoms with Crippen LogP contribution in [-0.4, -0.2) is 36.1 Å². The van der Waals surface area contributed by atoms with Gasteiger partial charge in [0, 0.05) is 13.1 Å². The van der Waals surface area contributed by atoms with E-state index in [0.29, 0.717) is 25.1 Å². The molecule has 0 bridgehead atoms. The van der Waals surface area contributed by atoms with Crippen LogP contribution in [0.3, 0.4) is 0 Å². The van der Waals surface area contributed by atoms with Crippen LogP contribution in [0.1, 0.15) is 12.0 Å². The maximum atomic E-state index is 13.3. The molecule has 0 aliphatic carbocycles. The Labute approximate surface area is 98.7 Å². The van der Waals surface area contributed by atoms with Gasteiger partial charge >= 0.3 is 5.97 Å². The zero-order valence-corrected chi connectivity index (χ0v) is 9.62. The third kappa shape index (κ3) is 4.91. The van der Waals surface area contributed by atoms with Gasteiger partial charge in [0.2, 0.25) is 0 Å². The van der Waals surface area contributed by atoms with E-state index in [0.717, 1.165) is 12.1 Å². The van der Waals surface area contributed by atoms with Crippen LogP contribution in [0.25, 0.3) is 0 Å². The van der Waals surface area contributed by atoms with Crippen molar-refractivity contribution in [3.63, 3.8) is 0 Å². The highest BCUT2D eigenvalue weighted by atomic mass is 19.1. The minimum atomic E-state index is -0.867. The summed E-state index contributed by atoms with van der Waals surface area (Å²) >= 11 is 0. The third-order valence-corrected chi connectivity index (χ3v) is 2.48. The molecule has 0 fully saturated rings. The minimum Gasteiger partial charge on any atom is -0.481 e. The molecule has 0 aromatic heterocycles. The summed E-state index contributed by atoms with van der Waals surface area (Å²) in [5.41, 5.74) is 0.312. The number of aliphatic carboxylic acids is 1. The second kappa shape index (κ2) is 6.30. The normalized spacial score (nSPS) is 10.8. The van der Waals surface area contributed by atoms with Gasteiger partial charge < -0.3 is 10.0 Å². The molecule has 0 saturated heterocycles. The molecule has 0 spiro atoms. The number of benzene rings is 1. The number of carboxylic acid groups (broad SMARTS) is 1. The zero-order chi connectivity index (χ0) is 12.8. The second-order valence-electron chi connectivity index (χ2n) is 3.93. The molecule has 0 heterocycles. The molecule has 0 amide bonds. The lowest BCUT2D eigenvalue weighted by atomic mass is 10.1. The molecule has 1 rings (SSSR count). The first kappa shape index (κ1) is 13.6. The molecule has 0 unspecified atom stereocenters. The van der Waals surface area contributed by atoms with Crippen molar-refractivity contribution >= 4 is 5.97 Å². The minimum absolute atomic E-state index is 0.0438. The molecule has 0 saturated carbocycles. The molecule has 5 heteroatoms. The van der Waals surface area contributed by atoms with Crippen molar-refractivity contribution in [2.24, 2.45) is 0 Å². The zero-order valence-electron chi connectivity index (χ0n) is 9.62. The van der Waals surface area contributed by atoms with Crippen molar-refractivity contribution in [3.05, 3.63) is 35.4 Å². The van der Waals surface area contributed by atoms with Crippen molar-refractivity contribution < 1.29 is 18.7 Å². The number of likely N-dealkylation sites (N-methyl/N-ethyl adjacent to an activating group) is 1. The van der Waals surface area contributed by atoms with Crippen LogP contribution in [0, 0.1) is 11.6 Å². The van der Waals surface area contributed by atoms with Crippen LogP contribution in [-0.2, 0) is 11.2 Å². The van der Waals surface area contributed by atoms with Gasteiger partial charge in [0.1, 0.15) is 11.6 Å². The number of hydrogen-bond donors (Lipinski definition) is 1. The van der Waals surface area contributed by atoms with Gasteiger partial charge in [-0.05, 0) is 37.2 Å². The Morgan fingerprint density at radius 3 is 2.71 bits per heavy atom. The van der Waals surface area contributed by atoms with E-state index in [9.17, 15) is 13.6 Å². The molecule has 1 aromatic rings. The summed E-state index contributed by atoms with van der Waals surface area (Å²) in [6.45, 7) is 0.889. The highest BCUT2D eigenvalue weighted by Crippen LogP contribution is 2.10. The summed E-state index contributed by atoms with van der Waals surface area (Å²) in [7, 11) is 1.75. The van der Waals surface area contributed by atoms with Crippen molar-refractivity contribution in [1.82, 2.24) is 4.90 Å². The fraction of sp³-hybridized carbons (Fsp3) is 0.417. The largest absolute Gasteiger partial charge is 0.481 e. The summed E-state index contributed by atoms with van der Waals surface area (Å²) in [5.74, 6) is -1.76. The van der Waals surface area contributed by atoms with Crippen LogP contribution in [0.2, 0.25) is 0 Å². The lowest BCUT2D eigenvalue weighted by Gasteiger charge is -2.15. The predicted octanol–water partition coefficient (Wildman–Crippen LogP) is 1.91. The van der Waals surface area contributed by atoms with Gasteiger partial charge in [-0.1, -0.05) is 0 Å². The first-order valence-corrected chi connectivity index (χ1v) is 5.33. The molecule has 1 aromatic carbocycles. The van der Waals surface area contributed by atoms with E-state index >= 15 is 0 Å². The van der Waals surface area contributed by atoms with Crippen molar-refractivity contribution in [3.8, 4) is 0 Å². The molecule has 0 aliphatic heterocycles. The summed E-state index contributed by atoms with van der Waals surface area (Å²) in [6.07, 6.45) is 0.405. The molecular formula is C12H15F2NO2. The molecule has 0 radical (unpaired) electrons. The molecule has 94 valence electrons. The highest BCUT2D eigenvalue weighted by Gasteiger charge is 2.06. The number of carbonyl (C=O) groups is 1. The average molecular weight is 243 g/mol. The monoisotopic (exact) mass is 243 g/mol. The van der Waals surface area contributed by atoms with E-state index in [-0.39, 0.29) is 6.42 Å². The van der Waals surface area contributed by atoms with E-state index in [4.69, 9.17) is 5.11 Å². The number of rotatable bonds is 6. The smallest absolute Gasteiger partial charge is 0.304 e. The quantitative estimate of drug-likeness (QED) is 0.829. The Bertz CT molecular complexity index is 396. The summed E-state index contributed by atoms with van der Waals surface area (Å²) in [4.78, 5) is 12.1. The van der Waals surface area contributed by atoms with Crippen LogP contribution in [0.5, 0.6) is 0 Å². The van der Waals surface area contributed by atoms with Crippen LogP contribution >= 0.6 is 0 Å². The Morgan fingerprint density at radius 1 is 1.35 bits per heavy atom. The van der Waals surface area contributed by atoms with Gasteiger partial charge in [-0.15, -0.1) is 0 Å². The topological polar surface area (TPSA) is 40.5 Å². The van der Waals surface area contributed by atoms with Crippen LogP contribution < -0.4 is 0 Å². The molecule has 3 nitrogen and oxygen atoms in total. The number of halogens is 2. The maximum absolute atomic E-state index is 13.3. The summed E-state index contributed by atoms with van der Waals surface area (Å²) < 4.78 is 26.1. The Morgan fingerprint density at radius 2 is 2.06 bits per heavy atom. The van der Waals surface area contributed by atoms with Crippen LogP contribution in [0.4, 0.5) is 8.78 Å². The fourth-order valence-corrected chi connectivity index (χ4v) is 1.44. The lowest BCUT2D eigenvalue weighted by molar-refractivity contribution is -0.137. The van der Waals surface area contributed by atoms with E-state index < -0.39 is 17.6 Å². The van der Waals surface area contributed by atoms with Gasteiger partial charge in [0.25, 0.3) is 0 Å². The van der Waals surface area contributed by atoms with Gasteiger partial charge in [-0.25, -0.2) is 8.78 Å². The average Bonchev–Trinajstić information content (AvgIpc) is 2.27. The van der Waals surface area contributed by atoms with E-state index in [2.05, 4.69) is 0 Å². The van der Waals surface area contributed by atoms with Crippen molar-refractivity contribution in [1.29, 1.82) is 0 Å². The van der Waals surface area contributed by atoms with Crippen molar-refractivity contribution in [2.45, 2.75) is 12.8 Å². The lowest BCUT2D eigenvalue weighted by Crippen LogP contribution is -2.24. The molecule has 1 N–H and O–H groups in total. The second-order valence-corrected chi connectivity index (χ2v) is 3.93. The van der Waals surface area contributed by atoms with E-state index in [1.807, 2.05) is 0 Å². The van der Waals surface area contributed by atoms with E-state index in [1.54, 1.807) is 11.9 Å². The van der Waals surface area contributed by atoms with E-state index in [1.165, 1.54) is 6.07 Å². The SMILES string of the molecule is CN(CCC(=O)O)CCc1cc(F)ccc1F. The maximum Gasteiger partial charge on any atom is 0.304 e. The first-order valence-electron chi connectivity index (χ1n) is 5.33. The van der Waals surface area contributed by atoms with Gasteiger partial charge in [0.15, 0.2) is 0 Å². The van der Waals surface area contributed by atoms with Gasteiger partial charge in [0.05, 0.1) is 6.42 Å². The number of hydrogen-bond acceptors (Lipinski definition) is 2. The standard InChI is InChI=1S/C12H15F2NO2/c1-15(7-5-12(16)17)6-4-9-8-10(13)2-3-11(9)14/h2-3,8H,4-7H2,1H3,(H,16,17). The molecular weight excluding hydrogens is 228 g/mol. The Kier molecular flexibility index (Phi) is 5.03. The number of nitrogens with zero attached hydrogens (tertiary/aromatic N) is 1. The van der Waals surface area contributed by atoms with Gasteiger partial charge in [-0.3, -0.25) is 4.79 Å². The Balaban J connectivity index is 2.44. The summed E-state index contributed by atoms with van der Waals surface area (Å²) in [6, 6.07) is 3.34. The van der Waals surface area contributed by atoms with Crippen molar-refractivity contribution in [2.75, 3.05) is 20.1 Å².